The van der Waals surface area contributed by atoms with Crippen molar-refractivity contribution in [3.05, 3.63) is 0 Å². The van der Waals surface area contributed by atoms with Gasteiger partial charge in [-0.05, 0) is 13.8 Å². The predicted molar refractivity (Wildman–Crippen MR) is 44.4 cm³/mol. The van der Waals surface area contributed by atoms with Gasteiger partial charge in [0.05, 0.1) is 6.61 Å². The summed E-state index contributed by atoms with van der Waals surface area (Å²) in [5.41, 5.74) is 0. The van der Waals surface area contributed by atoms with E-state index in [1.54, 1.807) is 0 Å². The number of hydrogen-bond donors (Lipinski definition) is 1. The van der Waals surface area contributed by atoms with E-state index in [4.69, 9.17) is 18.9 Å². The van der Waals surface area contributed by atoms with Crippen molar-refractivity contribution in [2.45, 2.75) is 50.3 Å². The van der Waals surface area contributed by atoms with Crippen LogP contribution < -0.4 is 0 Å². The highest BCUT2D eigenvalue weighted by molar-refractivity contribution is 4.98. The average molecular weight is 202 g/mol. The molecule has 0 unspecified atom stereocenters. The van der Waals surface area contributed by atoms with Gasteiger partial charge in [-0.25, -0.2) is 0 Å². The van der Waals surface area contributed by atoms with Gasteiger partial charge in [0.1, 0.15) is 24.4 Å². The first-order valence-corrected chi connectivity index (χ1v) is 4.88. The minimum atomic E-state index is -0.661. The largest absolute Gasteiger partial charge is 0.387 e. The molecule has 14 heavy (non-hydrogen) atoms. The molecule has 0 aliphatic carbocycles. The normalized spacial score (nSPS) is 54.6. The van der Waals surface area contributed by atoms with Crippen molar-refractivity contribution >= 4 is 0 Å². The maximum Gasteiger partial charge on any atom is 0.190 e. The Hall–Kier alpha value is -0.200. The van der Waals surface area contributed by atoms with E-state index in [0.29, 0.717) is 6.61 Å². The SMILES string of the molecule is CC1(C)O[C@@H]2O[C@H]([C@H]3CO3)[C@@H](O)[C@@H]2O1. The minimum absolute atomic E-state index is 0.0194. The third kappa shape index (κ3) is 1.28. The van der Waals surface area contributed by atoms with E-state index < -0.39 is 18.2 Å². The van der Waals surface area contributed by atoms with E-state index in [-0.39, 0.29) is 18.3 Å². The van der Waals surface area contributed by atoms with Crippen molar-refractivity contribution in [3.63, 3.8) is 0 Å². The molecule has 0 amide bonds. The van der Waals surface area contributed by atoms with Gasteiger partial charge in [-0.1, -0.05) is 0 Å². The molecule has 3 aliphatic rings. The average Bonchev–Trinajstić information content (AvgIpc) is 2.81. The van der Waals surface area contributed by atoms with E-state index >= 15 is 0 Å². The Bertz CT molecular complexity index is 248. The highest BCUT2D eigenvalue weighted by atomic mass is 16.8. The van der Waals surface area contributed by atoms with E-state index in [1.807, 2.05) is 13.8 Å². The fourth-order valence-corrected chi connectivity index (χ4v) is 2.07. The second-order valence-corrected chi connectivity index (χ2v) is 4.43. The summed E-state index contributed by atoms with van der Waals surface area (Å²) in [7, 11) is 0. The number of ether oxygens (including phenoxy) is 4. The summed E-state index contributed by atoms with van der Waals surface area (Å²) >= 11 is 0. The summed E-state index contributed by atoms with van der Waals surface area (Å²) in [5, 5.41) is 9.89. The number of fused-ring (bicyclic) bond motifs is 1. The lowest BCUT2D eigenvalue weighted by atomic mass is 10.1. The highest BCUT2D eigenvalue weighted by Gasteiger charge is 2.58. The zero-order valence-electron chi connectivity index (χ0n) is 8.17. The van der Waals surface area contributed by atoms with Crippen molar-refractivity contribution in [1.82, 2.24) is 0 Å². The summed E-state index contributed by atoms with van der Waals surface area (Å²) in [6.45, 7) is 4.28. The summed E-state index contributed by atoms with van der Waals surface area (Å²) in [4.78, 5) is 0. The molecule has 0 aromatic rings. The Morgan fingerprint density at radius 1 is 1.21 bits per heavy atom. The maximum atomic E-state index is 9.89. The number of epoxide rings is 1. The second-order valence-electron chi connectivity index (χ2n) is 4.43. The molecule has 1 N–H and O–H groups in total. The number of hydrogen-bond acceptors (Lipinski definition) is 5. The van der Waals surface area contributed by atoms with Crippen LogP contribution in [0, 0.1) is 0 Å². The first kappa shape index (κ1) is 9.06. The molecule has 80 valence electrons. The Kier molecular flexibility index (Phi) is 1.73. The number of rotatable bonds is 1. The topological polar surface area (TPSA) is 60.5 Å². The van der Waals surface area contributed by atoms with Crippen molar-refractivity contribution < 1.29 is 24.1 Å². The zero-order valence-corrected chi connectivity index (χ0v) is 8.17. The lowest BCUT2D eigenvalue weighted by molar-refractivity contribution is -0.216. The first-order valence-electron chi connectivity index (χ1n) is 4.88. The molecule has 5 nitrogen and oxygen atoms in total. The van der Waals surface area contributed by atoms with Gasteiger partial charge in [0, 0.05) is 0 Å². The highest BCUT2D eigenvalue weighted by Crippen LogP contribution is 2.40. The molecule has 0 spiro atoms. The van der Waals surface area contributed by atoms with Crippen LogP contribution in [0.5, 0.6) is 0 Å². The van der Waals surface area contributed by atoms with Gasteiger partial charge in [0.15, 0.2) is 12.1 Å². The van der Waals surface area contributed by atoms with Crippen LogP contribution >= 0.6 is 0 Å². The van der Waals surface area contributed by atoms with Crippen LogP contribution in [0.1, 0.15) is 13.8 Å². The lowest BCUT2D eigenvalue weighted by Gasteiger charge is -2.21. The van der Waals surface area contributed by atoms with Crippen LogP contribution in [-0.4, -0.2) is 48.2 Å². The van der Waals surface area contributed by atoms with Gasteiger partial charge in [0.25, 0.3) is 0 Å². The first-order chi connectivity index (χ1) is 6.57. The van der Waals surface area contributed by atoms with Gasteiger partial charge in [-0.15, -0.1) is 0 Å². The summed E-state index contributed by atoms with van der Waals surface area (Å²) in [6.07, 6.45) is -1.74. The molecule has 0 bridgehead atoms. The molecule has 0 saturated carbocycles. The van der Waals surface area contributed by atoms with Crippen molar-refractivity contribution in [2.75, 3.05) is 6.61 Å². The zero-order chi connectivity index (χ0) is 9.92. The summed E-state index contributed by atoms with van der Waals surface area (Å²) in [5.74, 6) is -0.661. The van der Waals surface area contributed by atoms with Gasteiger partial charge < -0.3 is 24.1 Å². The molecule has 3 aliphatic heterocycles. The van der Waals surface area contributed by atoms with Crippen LogP contribution in [-0.2, 0) is 18.9 Å². The standard InChI is InChI=1S/C9H14O5/c1-9(2)13-7-5(10)6(4-3-11-4)12-8(7)14-9/h4-8,10H,3H2,1-2H3/t4-,5-,6-,7+,8+/m1/s1. The Morgan fingerprint density at radius 2 is 1.93 bits per heavy atom. The fraction of sp³-hybridized carbons (Fsp3) is 1.00. The smallest absolute Gasteiger partial charge is 0.190 e. The molecule has 5 heteroatoms. The van der Waals surface area contributed by atoms with Crippen molar-refractivity contribution in [2.24, 2.45) is 0 Å². The van der Waals surface area contributed by atoms with Gasteiger partial charge >= 0.3 is 0 Å². The van der Waals surface area contributed by atoms with E-state index in [0.717, 1.165) is 0 Å². The molecule has 5 atom stereocenters. The third-order valence-electron chi connectivity index (χ3n) is 2.78. The summed E-state index contributed by atoms with van der Waals surface area (Å²) < 4.78 is 21.7. The van der Waals surface area contributed by atoms with Crippen LogP contribution in [0.4, 0.5) is 0 Å². The minimum Gasteiger partial charge on any atom is -0.387 e. The van der Waals surface area contributed by atoms with E-state index in [1.165, 1.54) is 0 Å². The molecule has 0 aromatic carbocycles. The molecule has 3 saturated heterocycles. The predicted octanol–water partition coefficient (Wildman–Crippen LogP) is -0.378. The van der Waals surface area contributed by atoms with Crippen LogP contribution in [0.2, 0.25) is 0 Å². The van der Waals surface area contributed by atoms with Gasteiger partial charge in [-0.3, -0.25) is 0 Å². The fourth-order valence-electron chi connectivity index (χ4n) is 2.07. The molecule has 0 radical (unpaired) electrons. The van der Waals surface area contributed by atoms with Crippen molar-refractivity contribution in [1.29, 1.82) is 0 Å². The third-order valence-corrected chi connectivity index (χ3v) is 2.78. The molecular weight excluding hydrogens is 188 g/mol. The van der Waals surface area contributed by atoms with Gasteiger partial charge in [0.2, 0.25) is 0 Å². The maximum absolute atomic E-state index is 9.89. The molecule has 0 aromatic heterocycles. The van der Waals surface area contributed by atoms with Crippen LogP contribution in [0.25, 0.3) is 0 Å². The lowest BCUT2D eigenvalue weighted by Crippen LogP contribution is -2.37. The van der Waals surface area contributed by atoms with E-state index in [2.05, 4.69) is 0 Å². The quantitative estimate of drug-likeness (QED) is 0.587. The number of aliphatic hydroxyl groups is 1. The Morgan fingerprint density at radius 3 is 2.50 bits per heavy atom. The number of aliphatic hydroxyl groups excluding tert-OH is 1. The summed E-state index contributed by atoms with van der Waals surface area (Å²) in [6, 6.07) is 0. The van der Waals surface area contributed by atoms with Crippen LogP contribution in [0.15, 0.2) is 0 Å². The van der Waals surface area contributed by atoms with Gasteiger partial charge in [-0.2, -0.15) is 0 Å². The molecule has 3 heterocycles. The molecular formula is C9H14O5. The van der Waals surface area contributed by atoms with E-state index in [9.17, 15) is 5.11 Å². The second kappa shape index (κ2) is 2.68. The molecule has 3 fully saturated rings. The van der Waals surface area contributed by atoms with Crippen molar-refractivity contribution in [3.8, 4) is 0 Å². The monoisotopic (exact) mass is 202 g/mol. The van der Waals surface area contributed by atoms with Crippen LogP contribution in [0.3, 0.4) is 0 Å². The molecule has 3 rings (SSSR count). The Balaban J connectivity index is 1.74. The Labute approximate surface area is 81.9 Å².